The van der Waals surface area contributed by atoms with Gasteiger partial charge in [0.2, 0.25) is 0 Å². The van der Waals surface area contributed by atoms with E-state index < -0.39 is 0 Å². The first-order chi connectivity index (χ1) is 10.4. The summed E-state index contributed by atoms with van der Waals surface area (Å²) < 4.78 is 10.9. The van der Waals surface area contributed by atoms with Crippen LogP contribution in [0.5, 0.6) is 0 Å². The van der Waals surface area contributed by atoms with Crippen LogP contribution in [-0.4, -0.2) is 5.16 Å². The molecule has 2 aromatic heterocycles. The van der Waals surface area contributed by atoms with Gasteiger partial charge in [-0.1, -0.05) is 36.7 Å². The van der Waals surface area contributed by atoms with Crippen molar-refractivity contribution < 1.29 is 8.94 Å². The molecule has 0 fully saturated rings. The number of nitrogens with one attached hydrogen (secondary N) is 1. The normalized spacial score (nSPS) is 11.3. The molecule has 0 aliphatic rings. The highest BCUT2D eigenvalue weighted by molar-refractivity contribution is 5.82. The van der Waals surface area contributed by atoms with Gasteiger partial charge in [-0.15, -0.1) is 0 Å². The van der Waals surface area contributed by atoms with Gasteiger partial charge in [0.1, 0.15) is 17.6 Å². The molecular weight excluding hydrogens is 264 g/mol. The van der Waals surface area contributed by atoms with Gasteiger partial charge in [-0.2, -0.15) is 0 Å². The minimum atomic E-state index is 0.698. The van der Waals surface area contributed by atoms with Crippen LogP contribution in [0.1, 0.15) is 36.8 Å². The molecule has 2 heterocycles. The Labute approximate surface area is 124 Å². The SMILES string of the molecule is CCCCc1oc2ccccc2c1CNCc1ccon1. The lowest BCUT2D eigenvalue weighted by molar-refractivity contribution is 0.408. The van der Waals surface area contributed by atoms with E-state index in [2.05, 4.69) is 29.5 Å². The second-order valence-corrected chi connectivity index (χ2v) is 5.20. The van der Waals surface area contributed by atoms with Crippen LogP contribution in [0.15, 0.2) is 45.5 Å². The van der Waals surface area contributed by atoms with E-state index in [9.17, 15) is 0 Å². The van der Waals surface area contributed by atoms with E-state index in [1.807, 2.05) is 18.2 Å². The van der Waals surface area contributed by atoms with Gasteiger partial charge in [0, 0.05) is 36.5 Å². The fourth-order valence-electron chi connectivity index (χ4n) is 2.53. The molecular formula is C17H20N2O2. The van der Waals surface area contributed by atoms with Crippen molar-refractivity contribution in [1.29, 1.82) is 0 Å². The summed E-state index contributed by atoms with van der Waals surface area (Å²) in [6.07, 6.45) is 4.90. The first-order valence-corrected chi connectivity index (χ1v) is 7.47. The highest BCUT2D eigenvalue weighted by Gasteiger charge is 2.13. The third kappa shape index (κ3) is 3.16. The van der Waals surface area contributed by atoms with Gasteiger partial charge < -0.3 is 14.3 Å². The zero-order valence-corrected chi connectivity index (χ0v) is 12.3. The van der Waals surface area contributed by atoms with Crippen molar-refractivity contribution in [2.75, 3.05) is 0 Å². The Bertz CT molecular complexity index is 686. The summed E-state index contributed by atoms with van der Waals surface area (Å²) in [4.78, 5) is 0. The van der Waals surface area contributed by atoms with Crippen LogP contribution in [0.25, 0.3) is 11.0 Å². The quantitative estimate of drug-likeness (QED) is 0.711. The summed E-state index contributed by atoms with van der Waals surface area (Å²) >= 11 is 0. The van der Waals surface area contributed by atoms with E-state index in [-0.39, 0.29) is 0 Å². The molecule has 0 unspecified atom stereocenters. The Kier molecular flexibility index (Phi) is 4.36. The van der Waals surface area contributed by atoms with Crippen molar-refractivity contribution in [2.45, 2.75) is 39.3 Å². The van der Waals surface area contributed by atoms with Crippen molar-refractivity contribution in [3.05, 3.63) is 53.6 Å². The molecule has 1 aromatic carbocycles. The fraction of sp³-hybridized carbons (Fsp3) is 0.353. The van der Waals surface area contributed by atoms with Gasteiger partial charge in [-0.05, 0) is 12.5 Å². The average molecular weight is 284 g/mol. The van der Waals surface area contributed by atoms with Crippen molar-refractivity contribution in [1.82, 2.24) is 10.5 Å². The number of aryl methyl sites for hydroxylation is 1. The summed E-state index contributed by atoms with van der Waals surface area (Å²) in [6, 6.07) is 10.1. The van der Waals surface area contributed by atoms with Crippen LogP contribution in [0.3, 0.4) is 0 Å². The third-order valence-electron chi connectivity index (χ3n) is 3.64. The number of unbranched alkanes of at least 4 members (excludes halogenated alkanes) is 1. The average Bonchev–Trinajstić information content (AvgIpc) is 3.13. The zero-order chi connectivity index (χ0) is 14.5. The summed E-state index contributed by atoms with van der Waals surface area (Å²) in [5, 5.41) is 8.53. The molecule has 4 heteroatoms. The lowest BCUT2D eigenvalue weighted by Crippen LogP contribution is -2.13. The summed E-state index contributed by atoms with van der Waals surface area (Å²) in [5.41, 5.74) is 3.15. The van der Waals surface area contributed by atoms with Gasteiger partial charge in [0.05, 0.1) is 5.69 Å². The van der Waals surface area contributed by atoms with Gasteiger partial charge in [0.25, 0.3) is 0 Å². The van der Waals surface area contributed by atoms with Crippen LogP contribution < -0.4 is 5.32 Å². The molecule has 0 bridgehead atoms. The van der Waals surface area contributed by atoms with Crippen LogP contribution in [0.4, 0.5) is 0 Å². The highest BCUT2D eigenvalue weighted by atomic mass is 16.5. The van der Waals surface area contributed by atoms with Crippen LogP contribution in [0.2, 0.25) is 0 Å². The van der Waals surface area contributed by atoms with Crippen molar-refractivity contribution in [3.63, 3.8) is 0 Å². The van der Waals surface area contributed by atoms with Gasteiger partial charge in [-0.25, -0.2) is 0 Å². The van der Waals surface area contributed by atoms with E-state index in [0.29, 0.717) is 6.54 Å². The molecule has 0 spiro atoms. The number of benzene rings is 1. The predicted molar refractivity (Wildman–Crippen MR) is 81.9 cm³/mol. The molecule has 0 saturated heterocycles. The van der Waals surface area contributed by atoms with Crippen LogP contribution in [-0.2, 0) is 19.5 Å². The number of furan rings is 1. The summed E-state index contributed by atoms with van der Waals surface area (Å²) in [5.74, 6) is 1.10. The van der Waals surface area contributed by atoms with E-state index >= 15 is 0 Å². The third-order valence-corrected chi connectivity index (χ3v) is 3.64. The maximum Gasteiger partial charge on any atom is 0.134 e. The monoisotopic (exact) mass is 284 g/mol. The largest absolute Gasteiger partial charge is 0.461 e. The van der Waals surface area contributed by atoms with Crippen molar-refractivity contribution in [2.24, 2.45) is 0 Å². The molecule has 0 radical (unpaired) electrons. The number of fused-ring (bicyclic) bond motifs is 1. The van der Waals surface area contributed by atoms with E-state index in [1.165, 1.54) is 17.4 Å². The summed E-state index contributed by atoms with van der Waals surface area (Å²) in [7, 11) is 0. The molecule has 0 saturated carbocycles. The number of nitrogens with zero attached hydrogens (tertiary/aromatic N) is 1. The van der Waals surface area contributed by atoms with Crippen molar-refractivity contribution in [3.8, 4) is 0 Å². The lowest BCUT2D eigenvalue weighted by atomic mass is 10.1. The molecule has 1 N–H and O–H groups in total. The number of para-hydroxylation sites is 1. The lowest BCUT2D eigenvalue weighted by Gasteiger charge is -2.04. The van der Waals surface area contributed by atoms with E-state index in [0.717, 1.165) is 36.4 Å². The van der Waals surface area contributed by atoms with Gasteiger partial charge >= 0.3 is 0 Å². The van der Waals surface area contributed by atoms with Crippen LogP contribution in [0, 0.1) is 0 Å². The molecule has 21 heavy (non-hydrogen) atoms. The van der Waals surface area contributed by atoms with E-state index in [1.54, 1.807) is 6.26 Å². The molecule has 0 amide bonds. The zero-order valence-electron chi connectivity index (χ0n) is 12.3. The topological polar surface area (TPSA) is 51.2 Å². The first kappa shape index (κ1) is 13.9. The van der Waals surface area contributed by atoms with Crippen LogP contribution >= 0.6 is 0 Å². The number of rotatable bonds is 7. The maximum absolute atomic E-state index is 6.01. The second kappa shape index (κ2) is 6.59. The molecule has 4 nitrogen and oxygen atoms in total. The number of aromatic nitrogens is 1. The first-order valence-electron chi connectivity index (χ1n) is 7.47. The standard InChI is InChI=1S/C17H20N2O2/c1-2-3-7-17-15(12-18-11-13-9-10-20-19-13)14-6-4-5-8-16(14)21-17/h4-6,8-10,18H,2-3,7,11-12H2,1H3. The second-order valence-electron chi connectivity index (χ2n) is 5.20. The predicted octanol–water partition coefficient (Wildman–Crippen LogP) is 4.05. The maximum atomic E-state index is 6.01. The Morgan fingerprint density at radius 1 is 1.14 bits per heavy atom. The molecule has 3 rings (SSSR count). The van der Waals surface area contributed by atoms with Gasteiger partial charge in [0.15, 0.2) is 0 Å². The minimum Gasteiger partial charge on any atom is -0.461 e. The molecule has 110 valence electrons. The Balaban J connectivity index is 1.77. The molecule has 3 aromatic rings. The summed E-state index contributed by atoms with van der Waals surface area (Å²) in [6.45, 7) is 3.68. The minimum absolute atomic E-state index is 0.698. The van der Waals surface area contributed by atoms with E-state index in [4.69, 9.17) is 8.94 Å². The highest BCUT2D eigenvalue weighted by Crippen LogP contribution is 2.27. The Morgan fingerprint density at radius 2 is 2.05 bits per heavy atom. The number of hydrogen-bond acceptors (Lipinski definition) is 4. The Morgan fingerprint density at radius 3 is 2.86 bits per heavy atom. The molecule has 0 atom stereocenters. The smallest absolute Gasteiger partial charge is 0.134 e. The Hall–Kier alpha value is -2.07. The van der Waals surface area contributed by atoms with Gasteiger partial charge in [-0.3, -0.25) is 0 Å². The number of hydrogen-bond donors (Lipinski definition) is 1. The fourth-order valence-corrected chi connectivity index (χ4v) is 2.53. The molecule has 0 aliphatic heterocycles. The molecule has 0 aliphatic carbocycles. The van der Waals surface area contributed by atoms with Crippen molar-refractivity contribution >= 4 is 11.0 Å².